The number of aromatic hydroxyl groups is 1. The van der Waals surface area contributed by atoms with Crippen molar-refractivity contribution < 1.29 is 14.6 Å². The average Bonchev–Trinajstić information content (AvgIpc) is 3.53. The molecule has 0 aromatic heterocycles. The molecule has 36 heavy (non-hydrogen) atoms. The van der Waals surface area contributed by atoms with Crippen LogP contribution in [0.4, 0.5) is 0 Å². The van der Waals surface area contributed by atoms with Gasteiger partial charge < -0.3 is 14.7 Å². The molecule has 3 aromatic rings. The number of hydrogen-bond donors (Lipinski definition) is 1. The van der Waals surface area contributed by atoms with Crippen LogP contribution in [0.25, 0.3) is 0 Å². The average molecular weight is 483 g/mol. The second-order valence-electron chi connectivity index (χ2n) is 10.8. The maximum atomic E-state index is 13.9. The van der Waals surface area contributed by atoms with Gasteiger partial charge in [-0.05, 0) is 91.2 Å². The van der Waals surface area contributed by atoms with Gasteiger partial charge in [0, 0.05) is 24.2 Å². The first kappa shape index (κ1) is 23.1. The molecule has 186 valence electrons. The summed E-state index contributed by atoms with van der Waals surface area (Å²) < 4.78 is 6.07. The van der Waals surface area contributed by atoms with Crippen LogP contribution in [0.2, 0.25) is 0 Å². The number of likely N-dealkylation sites (tertiary alicyclic amines) is 1. The molecule has 2 unspecified atom stereocenters. The van der Waals surface area contributed by atoms with Gasteiger partial charge in [0.1, 0.15) is 18.1 Å². The smallest absolute Gasteiger partial charge is 0.255 e. The number of amides is 1. The van der Waals surface area contributed by atoms with Crippen LogP contribution in [0.5, 0.6) is 11.5 Å². The van der Waals surface area contributed by atoms with Crippen molar-refractivity contribution in [2.45, 2.75) is 44.2 Å². The van der Waals surface area contributed by atoms with Crippen molar-refractivity contribution in [2.24, 2.45) is 5.92 Å². The number of nitrogens with zero attached hydrogens (tertiary/aromatic N) is 2. The maximum Gasteiger partial charge on any atom is 0.255 e. The van der Waals surface area contributed by atoms with Gasteiger partial charge in [-0.15, -0.1) is 0 Å². The number of ether oxygens (including phenoxy) is 1. The number of benzene rings is 3. The lowest BCUT2D eigenvalue weighted by atomic mass is 9.82. The predicted octanol–water partition coefficient (Wildman–Crippen LogP) is 5.43. The third kappa shape index (κ3) is 4.37. The lowest BCUT2D eigenvalue weighted by Crippen LogP contribution is -2.49. The monoisotopic (exact) mass is 482 g/mol. The fourth-order valence-corrected chi connectivity index (χ4v) is 6.08. The van der Waals surface area contributed by atoms with Crippen LogP contribution in [0, 0.1) is 5.92 Å². The van der Waals surface area contributed by atoms with Gasteiger partial charge in [-0.3, -0.25) is 9.69 Å². The van der Waals surface area contributed by atoms with E-state index in [9.17, 15) is 9.90 Å². The summed E-state index contributed by atoms with van der Waals surface area (Å²) in [6.07, 6.45) is 4.01. The molecule has 1 spiro atoms. The van der Waals surface area contributed by atoms with Gasteiger partial charge in [0.25, 0.3) is 5.91 Å². The standard InChI is InChI=1S/C31H34N2O3/c1-22-13-16-32(21-22)17-18-36-27-10-7-23(8-11-27)29-28-12-9-26(34)19-25(28)20-31(14-15-31)33(29)30(35)24-5-3-2-4-6-24/h2-12,19,22,29,34H,13-18,20-21H2,1H3. The van der Waals surface area contributed by atoms with Gasteiger partial charge in [0.05, 0.1) is 6.04 Å². The number of rotatable bonds is 6. The third-order valence-electron chi connectivity index (χ3n) is 8.16. The molecule has 0 radical (unpaired) electrons. The number of carbonyl (C=O) groups is 1. The SMILES string of the molecule is CC1CCN(CCOc2ccc(C3c4ccc(O)cc4CC4(CC4)N3C(=O)c3ccccc3)cc2)C1. The molecule has 1 saturated carbocycles. The maximum absolute atomic E-state index is 13.9. The molecule has 3 aliphatic rings. The minimum absolute atomic E-state index is 0.0667. The number of phenolic OH excluding ortho intramolecular Hbond substituents is 1. The minimum atomic E-state index is -0.204. The van der Waals surface area contributed by atoms with Crippen molar-refractivity contribution in [3.05, 3.63) is 95.1 Å². The van der Waals surface area contributed by atoms with Crippen molar-refractivity contribution in [2.75, 3.05) is 26.2 Å². The molecule has 1 N–H and O–H groups in total. The van der Waals surface area contributed by atoms with Crippen molar-refractivity contribution in [3.8, 4) is 11.5 Å². The highest BCUT2D eigenvalue weighted by Gasteiger charge is 2.56. The second-order valence-corrected chi connectivity index (χ2v) is 10.8. The summed E-state index contributed by atoms with van der Waals surface area (Å²) in [4.78, 5) is 18.5. The number of hydrogen-bond acceptors (Lipinski definition) is 4. The van der Waals surface area contributed by atoms with Crippen LogP contribution in [-0.4, -0.2) is 52.6 Å². The molecular weight excluding hydrogens is 448 g/mol. The van der Waals surface area contributed by atoms with Gasteiger partial charge in [-0.1, -0.05) is 43.3 Å². The van der Waals surface area contributed by atoms with Crippen molar-refractivity contribution in [1.29, 1.82) is 0 Å². The van der Waals surface area contributed by atoms with Crippen molar-refractivity contribution in [3.63, 3.8) is 0 Å². The van der Waals surface area contributed by atoms with Gasteiger partial charge >= 0.3 is 0 Å². The highest BCUT2D eigenvalue weighted by atomic mass is 16.5. The zero-order chi connectivity index (χ0) is 24.7. The molecule has 2 aliphatic heterocycles. The van der Waals surface area contributed by atoms with E-state index in [1.165, 1.54) is 6.42 Å². The van der Waals surface area contributed by atoms with E-state index in [-0.39, 0.29) is 23.2 Å². The first-order valence-corrected chi connectivity index (χ1v) is 13.2. The molecule has 2 heterocycles. The van der Waals surface area contributed by atoms with E-state index in [2.05, 4.69) is 28.9 Å². The molecule has 1 amide bonds. The predicted molar refractivity (Wildman–Crippen MR) is 140 cm³/mol. The lowest BCUT2D eigenvalue weighted by molar-refractivity contribution is 0.0541. The van der Waals surface area contributed by atoms with Crippen molar-refractivity contribution in [1.82, 2.24) is 9.80 Å². The Morgan fingerprint density at radius 2 is 1.83 bits per heavy atom. The lowest BCUT2D eigenvalue weighted by Gasteiger charge is -2.44. The van der Waals surface area contributed by atoms with Gasteiger partial charge in [-0.2, -0.15) is 0 Å². The van der Waals surface area contributed by atoms with Crippen LogP contribution >= 0.6 is 0 Å². The quantitative estimate of drug-likeness (QED) is 0.509. The molecule has 0 bridgehead atoms. The molecule has 6 rings (SSSR count). The normalized spacial score (nSPS) is 22.4. The fourth-order valence-electron chi connectivity index (χ4n) is 6.08. The van der Waals surface area contributed by atoms with Gasteiger partial charge in [-0.25, -0.2) is 0 Å². The first-order valence-electron chi connectivity index (χ1n) is 13.2. The van der Waals surface area contributed by atoms with E-state index in [0.717, 1.165) is 67.3 Å². The zero-order valence-corrected chi connectivity index (χ0v) is 20.9. The molecule has 2 fully saturated rings. The van der Waals surface area contributed by atoms with E-state index >= 15 is 0 Å². The van der Waals surface area contributed by atoms with Crippen molar-refractivity contribution >= 4 is 5.91 Å². The molecule has 5 heteroatoms. The van der Waals surface area contributed by atoms with E-state index < -0.39 is 0 Å². The highest BCUT2D eigenvalue weighted by molar-refractivity contribution is 5.96. The summed E-state index contributed by atoms with van der Waals surface area (Å²) in [7, 11) is 0. The Morgan fingerprint density at radius 1 is 1.06 bits per heavy atom. The Bertz CT molecular complexity index is 1240. The Labute approximate surface area is 213 Å². The summed E-state index contributed by atoms with van der Waals surface area (Å²) in [5, 5.41) is 10.2. The largest absolute Gasteiger partial charge is 0.508 e. The molecular formula is C31H34N2O3. The zero-order valence-electron chi connectivity index (χ0n) is 20.9. The first-order chi connectivity index (χ1) is 17.5. The summed E-state index contributed by atoms with van der Waals surface area (Å²) >= 11 is 0. The van der Waals surface area contributed by atoms with Gasteiger partial charge in [0.15, 0.2) is 0 Å². The third-order valence-corrected chi connectivity index (χ3v) is 8.16. The second kappa shape index (κ2) is 9.29. The molecule has 1 saturated heterocycles. The van der Waals surface area contributed by atoms with E-state index in [0.29, 0.717) is 12.2 Å². The Kier molecular flexibility index (Phi) is 5.96. The summed E-state index contributed by atoms with van der Waals surface area (Å²) in [6.45, 7) is 6.26. The van der Waals surface area contributed by atoms with Crippen LogP contribution in [0.3, 0.4) is 0 Å². The summed E-state index contributed by atoms with van der Waals surface area (Å²) in [6, 6.07) is 23.2. The van der Waals surface area contributed by atoms with Crippen LogP contribution in [0.15, 0.2) is 72.8 Å². The Morgan fingerprint density at radius 3 is 2.53 bits per heavy atom. The minimum Gasteiger partial charge on any atom is -0.508 e. The molecule has 3 aromatic carbocycles. The molecule has 1 aliphatic carbocycles. The Balaban J connectivity index is 1.29. The van der Waals surface area contributed by atoms with E-state index in [1.807, 2.05) is 54.6 Å². The van der Waals surface area contributed by atoms with Gasteiger partial charge in [0.2, 0.25) is 0 Å². The van der Waals surface area contributed by atoms with Crippen LogP contribution in [-0.2, 0) is 6.42 Å². The number of phenols is 1. The summed E-state index contributed by atoms with van der Waals surface area (Å²) in [5.41, 5.74) is 3.81. The highest BCUT2D eigenvalue weighted by Crippen LogP contribution is 2.55. The number of fused-ring (bicyclic) bond motifs is 1. The van der Waals surface area contributed by atoms with E-state index in [1.54, 1.807) is 6.07 Å². The summed E-state index contributed by atoms with van der Waals surface area (Å²) in [5.74, 6) is 1.98. The van der Waals surface area contributed by atoms with E-state index in [4.69, 9.17) is 4.74 Å². The molecule has 5 nitrogen and oxygen atoms in total. The topological polar surface area (TPSA) is 53.0 Å². The number of carbonyl (C=O) groups excluding carboxylic acids is 1. The van der Waals surface area contributed by atoms with Crippen LogP contribution in [0.1, 0.15) is 59.3 Å². The fraction of sp³-hybridized carbons (Fsp3) is 0.387. The molecule has 2 atom stereocenters. The Hall–Kier alpha value is -3.31. The van der Waals surface area contributed by atoms with Crippen LogP contribution < -0.4 is 4.74 Å².